The SMILES string of the molecule is COc1cccc(CCNc2cncc(C(=O)Nc3ccccc3Cl)c2)c1. The summed E-state index contributed by atoms with van der Waals surface area (Å²) in [6.45, 7) is 0.713. The molecule has 0 aliphatic heterocycles. The average Bonchev–Trinajstić information content (AvgIpc) is 2.70. The van der Waals surface area contributed by atoms with E-state index in [1.807, 2.05) is 30.3 Å². The smallest absolute Gasteiger partial charge is 0.257 e. The van der Waals surface area contributed by atoms with Crippen LogP contribution in [0.2, 0.25) is 5.02 Å². The van der Waals surface area contributed by atoms with Gasteiger partial charge in [0.15, 0.2) is 0 Å². The molecule has 0 unspecified atom stereocenters. The van der Waals surface area contributed by atoms with Crippen molar-refractivity contribution < 1.29 is 9.53 Å². The quantitative estimate of drug-likeness (QED) is 0.625. The number of carbonyl (C=O) groups is 1. The third-order valence-electron chi connectivity index (χ3n) is 4.00. The Morgan fingerprint density at radius 1 is 1.11 bits per heavy atom. The molecule has 3 aromatic rings. The molecule has 1 aromatic heterocycles. The van der Waals surface area contributed by atoms with Crippen LogP contribution in [-0.4, -0.2) is 24.5 Å². The van der Waals surface area contributed by atoms with Crippen LogP contribution in [0.3, 0.4) is 0 Å². The summed E-state index contributed by atoms with van der Waals surface area (Å²) in [4.78, 5) is 16.6. The zero-order chi connectivity index (χ0) is 19.1. The highest BCUT2D eigenvalue weighted by Gasteiger charge is 2.09. The highest BCUT2D eigenvalue weighted by Crippen LogP contribution is 2.21. The Hall–Kier alpha value is -3.05. The Morgan fingerprint density at radius 3 is 2.78 bits per heavy atom. The fourth-order valence-corrected chi connectivity index (χ4v) is 2.78. The van der Waals surface area contributed by atoms with Crippen molar-refractivity contribution in [2.75, 3.05) is 24.3 Å². The van der Waals surface area contributed by atoms with E-state index < -0.39 is 0 Å². The fraction of sp³-hybridized carbons (Fsp3) is 0.143. The van der Waals surface area contributed by atoms with Crippen LogP contribution in [0.25, 0.3) is 0 Å². The van der Waals surface area contributed by atoms with Gasteiger partial charge in [0.1, 0.15) is 5.75 Å². The third kappa shape index (κ3) is 5.21. The molecule has 0 saturated heterocycles. The monoisotopic (exact) mass is 381 g/mol. The van der Waals surface area contributed by atoms with E-state index in [1.54, 1.807) is 31.5 Å². The fourth-order valence-electron chi connectivity index (χ4n) is 2.60. The van der Waals surface area contributed by atoms with E-state index in [1.165, 1.54) is 11.8 Å². The van der Waals surface area contributed by atoms with E-state index in [0.717, 1.165) is 17.9 Å². The summed E-state index contributed by atoms with van der Waals surface area (Å²) in [6.07, 6.45) is 4.05. The number of benzene rings is 2. The number of hydrogen-bond acceptors (Lipinski definition) is 4. The largest absolute Gasteiger partial charge is 0.497 e. The van der Waals surface area contributed by atoms with Crippen LogP contribution >= 0.6 is 11.6 Å². The number of carbonyl (C=O) groups excluding carboxylic acids is 1. The Kier molecular flexibility index (Phi) is 6.28. The molecule has 2 aromatic carbocycles. The molecule has 0 bridgehead atoms. The molecule has 2 N–H and O–H groups in total. The standard InChI is InChI=1S/C21H20ClN3O2/c1-27-18-6-4-5-15(11-18)9-10-24-17-12-16(13-23-14-17)21(26)25-20-8-3-2-7-19(20)22/h2-8,11-14,24H,9-10H2,1H3,(H,25,26). The van der Waals surface area contributed by atoms with Gasteiger partial charge in [0, 0.05) is 18.9 Å². The van der Waals surface area contributed by atoms with Crippen molar-refractivity contribution in [3.8, 4) is 5.75 Å². The maximum Gasteiger partial charge on any atom is 0.257 e. The number of amides is 1. The molecule has 0 aliphatic carbocycles. The van der Waals surface area contributed by atoms with Gasteiger partial charge >= 0.3 is 0 Å². The van der Waals surface area contributed by atoms with Crippen LogP contribution in [0.15, 0.2) is 67.0 Å². The van der Waals surface area contributed by atoms with E-state index in [-0.39, 0.29) is 5.91 Å². The van der Waals surface area contributed by atoms with E-state index >= 15 is 0 Å². The topological polar surface area (TPSA) is 63.2 Å². The van der Waals surface area contributed by atoms with Gasteiger partial charge in [-0.3, -0.25) is 9.78 Å². The van der Waals surface area contributed by atoms with E-state index in [9.17, 15) is 4.79 Å². The number of aromatic nitrogens is 1. The molecule has 0 saturated carbocycles. The normalized spacial score (nSPS) is 10.3. The van der Waals surface area contributed by atoms with Crippen LogP contribution < -0.4 is 15.4 Å². The van der Waals surface area contributed by atoms with Crippen molar-refractivity contribution >= 4 is 28.9 Å². The van der Waals surface area contributed by atoms with Crippen molar-refractivity contribution in [3.63, 3.8) is 0 Å². The number of nitrogens with one attached hydrogen (secondary N) is 2. The lowest BCUT2D eigenvalue weighted by Gasteiger charge is -2.10. The van der Waals surface area contributed by atoms with E-state index in [4.69, 9.17) is 16.3 Å². The van der Waals surface area contributed by atoms with E-state index in [0.29, 0.717) is 22.8 Å². The lowest BCUT2D eigenvalue weighted by atomic mass is 10.1. The first-order chi connectivity index (χ1) is 13.2. The predicted octanol–water partition coefficient (Wildman–Crippen LogP) is 4.65. The number of para-hydroxylation sites is 1. The molecule has 1 amide bonds. The zero-order valence-corrected chi connectivity index (χ0v) is 15.7. The summed E-state index contributed by atoms with van der Waals surface area (Å²) < 4.78 is 5.23. The maximum atomic E-state index is 12.4. The van der Waals surface area contributed by atoms with Gasteiger partial charge in [0.05, 0.1) is 29.1 Å². The number of methoxy groups -OCH3 is 1. The molecule has 27 heavy (non-hydrogen) atoms. The number of pyridine rings is 1. The number of ether oxygens (including phenoxy) is 1. The van der Waals surface area contributed by atoms with Gasteiger partial charge in [-0.15, -0.1) is 0 Å². The zero-order valence-electron chi connectivity index (χ0n) is 14.9. The van der Waals surface area contributed by atoms with Crippen LogP contribution in [0, 0.1) is 0 Å². The van der Waals surface area contributed by atoms with E-state index in [2.05, 4.69) is 21.7 Å². The molecule has 0 fully saturated rings. The molecule has 0 aliphatic rings. The van der Waals surface area contributed by atoms with Crippen molar-refractivity contribution in [2.24, 2.45) is 0 Å². The van der Waals surface area contributed by atoms with Gasteiger partial charge in [0.2, 0.25) is 0 Å². The second-order valence-electron chi connectivity index (χ2n) is 5.92. The highest BCUT2D eigenvalue weighted by molar-refractivity contribution is 6.33. The molecule has 5 nitrogen and oxygen atoms in total. The third-order valence-corrected chi connectivity index (χ3v) is 4.33. The summed E-state index contributed by atoms with van der Waals surface area (Å²) in [7, 11) is 1.65. The summed E-state index contributed by atoms with van der Waals surface area (Å²) in [5.74, 6) is 0.583. The lowest BCUT2D eigenvalue weighted by molar-refractivity contribution is 0.102. The molecule has 138 valence electrons. The van der Waals surface area contributed by atoms with Gasteiger partial charge in [-0.05, 0) is 42.3 Å². The first-order valence-electron chi connectivity index (χ1n) is 8.53. The number of rotatable bonds is 7. The Balaban J connectivity index is 1.59. The first-order valence-corrected chi connectivity index (χ1v) is 8.91. The van der Waals surface area contributed by atoms with Gasteiger partial charge in [0.25, 0.3) is 5.91 Å². The lowest BCUT2D eigenvalue weighted by Crippen LogP contribution is -2.13. The molecule has 3 rings (SSSR count). The number of anilines is 2. The Morgan fingerprint density at radius 2 is 1.96 bits per heavy atom. The minimum absolute atomic E-state index is 0.257. The predicted molar refractivity (Wildman–Crippen MR) is 109 cm³/mol. The number of hydrogen-bond donors (Lipinski definition) is 2. The van der Waals surface area contributed by atoms with Crippen molar-refractivity contribution in [1.82, 2.24) is 4.98 Å². The summed E-state index contributed by atoms with van der Waals surface area (Å²) in [5.41, 5.74) is 2.98. The summed E-state index contributed by atoms with van der Waals surface area (Å²) >= 11 is 6.08. The van der Waals surface area contributed by atoms with Gasteiger partial charge in [-0.1, -0.05) is 35.9 Å². The van der Waals surface area contributed by atoms with Gasteiger partial charge < -0.3 is 15.4 Å². The minimum Gasteiger partial charge on any atom is -0.497 e. The molecule has 0 atom stereocenters. The molecular formula is C21H20ClN3O2. The van der Waals surface area contributed by atoms with Crippen LogP contribution in [-0.2, 0) is 6.42 Å². The highest BCUT2D eigenvalue weighted by atomic mass is 35.5. The number of halogens is 1. The Bertz CT molecular complexity index is 931. The molecule has 1 heterocycles. The van der Waals surface area contributed by atoms with Gasteiger partial charge in [-0.25, -0.2) is 0 Å². The van der Waals surface area contributed by atoms with Crippen LogP contribution in [0.4, 0.5) is 11.4 Å². The average molecular weight is 382 g/mol. The Labute approximate surface area is 163 Å². The molecular weight excluding hydrogens is 362 g/mol. The summed E-state index contributed by atoms with van der Waals surface area (Å²) in [6, 6.07) is 16.8. The van der Waals surface area contributed by atoms with Crippen LogP contribution in [0.5, 0.6) is 5.75 Å². The van der Waals surface area contributed by atoms with Crippen molar-refractivity contribution in [2.45, 2.75) is 6.42 Å². The first kappa shape index (κ1) is 18.7. The molecule has 6 heteroatoms. The summed E-state index contributed by atoms with van der Waals surface area (Å²) in [5, 5.41) is 6.58. The minimum atomic E-state index is -0.257. The van der Waals surface area contributed by atoms with Crippen LogP contribution in [0.1, 0.15) is 15.9 Å². The van der Waals surface area contributed by atoms with Gasteiger partial charge in [-0.2, -0.15) is 0 Å². The second kappa shape index (κ2) is 9.05. The van der Waals surface area contributed by atoms with Crippen molar-refractivity contribution in [3.05, 3.63) is 83.1 Å². The number of nitrogens with zero attached hydrogens (tertiary/aromatic N) is 1. The van der Waals surface area contributed by atoms with Crippen molar-refractivity contribution in [1.29, 1.82) is 0 Å². The molecule has 0 radical (unpaired) electrons. The molecule has 0 spiro atoms. The maximum absolute atomic E-state index is 12.4. The second-order valence-corrected chi connectivity index (χ2v) is 6.33.